The molecule has 4 heterocycles. The molecule has 460 valence electrons. The van der Waals surface area contributed by atoms with E-state index in [1.165, 1.54) is 14.2 Å². The van der Waals surface area contributed by atoms with Gasteiger partial charge < -0.3 is 128 Å². The zero-order valence-corrected chi connectivity index (χ0v) is 51.0. The van der Waals surface area contributed by atoms with E-state index < -0.39 is 165 Å². The summed E-state index contributed by atoms with van der Waals surface area (Å²) >= 11 is 0. The molecule has 0 saturated carbocycles. The van der Waals surface area contributed by atoms with Gasteiger partial charge in [0.15, 0.2) is 12.6 Å². The maximum atomic E-state index is 12.4. The van der Waals surface area contributed by atoms with E-state index in [0.29, 0.717) is 25.7 Å². The van der Waals surface area contributed by atoms with Crippen molar-refractivity contribution in [3.8, 4) is 0 Å². The standard InChI is InChI=1S/2C22H40O16P.2Na/c2*1-33-14(25)8-6-4-2-3-5-7-9-34-20-17(28)18(12(10-23)35-21(20)29)37-22-16(27)15(26)19(13(11-24)36-22)38-39(30,31)32;;/h2*12-13,15-24,26-28H,2-11H2,1H3,(H2,30,31,32);;/q2*-1;2*+1/t2*12-,13-,15-,16-,17+,18-,19+,20-,21-,22+;;/m11../s1. The van der Waals surface area contributed by atoms with Gasteiger partial charge >= 0.3 is 86.7 Å². The normalized spacial score (nSPS) is 34.7. The first kappa shape index (κ1) is 78.4. The van der Waals surface area contributed by atoms with Crippen molar-refractivity contribution in [3.05, 3.63) is 0 Å². The molecule has 4 saturated heterocycles. The second-order valence-electron chi connectivity index (χ2n) is 18.7. The van der Waals surface area contributed by atoms with E-state index in [4.69, 9.17) is 57.5 Å². The van der Waals surface area contributed by atoms with Gasteiger partial charge in [0, 0.05) is 38.6 Å². The van der Waals surface area contributed by atoms with Crippen LogP contribution < -0.4 is 69.3 Å². The van der Waals surface area contributed by atoms with Crippen LogP contribution >= 0.6 is 15.6 Å². The van der Waals surface area contributed by atoms with E-state index in [1.807, 2.05) is 0 Å². The smallest absolute Gasteiger partial charge is 0.829 e. The summed E-state index contributed by atoms with van der Waals surface area (Å²) in [5.74, 6) is -0.497. The number of carbonyl (C=O) groups excluding carboxylic acids is 2. The molecule has 4 aliphatic rings. The molecule has 0 aromatic rings. The zero-order chi connectivity index (χ0) is 58.3. The van der Waals surface area contributed by atoms with Gasteiger partial charge in [-0.05, 0) is 25.7 Å². The number of hydrogen-bond donors (Lipinski definition) is 14. The Kier molecular flexibility index (Phi) is 39.2. The first-order valence-corrected chi connectivity index (χ1v) is 28.5. The molecule has 32 nitrogen and oxygen atoms in total. The number of phosphoric acid groups is 2. The molecule has 0 aromatic carbocycles. The van der Waals surface area contributed by atoms with E-state index in [-0.39, 0.29) is 84.3 Å². The quantitative estimate of drug-likeness (QED) is 0.0129. The molecule has 0 spiro atoms. The van der Waals surface area contributed by atoms with Crippen molar-refractivity contribution >= 4 is 27.6 Å². The molecule has 0 unspecified atom stereocenters. The summed E-state index contributed by atoms with van der Waals surface area (Å²) < 4.78 is 83.6. The Labute approximate surface area is 506 Å². The summed E-state index contributed by atoms with van der Waals surface area (Å²) in [6.45, 7) is -3.08. The van der Waals surface area contributed by atoms with Crippen LogP contribution in [0.25, 0.3) is 0 Å². The Morgan fingerprint density at radius 2 is 0.713 bits per heavy atom. The first-order valence-electron chi connectivity index (χ1n) is 25.5. The van der Waals surface area contributed by atoms with Crippen molar-refractivity contribution in [1.29, 1.82) is 0 Å². The van der Waals surface area contributed by atoms with Crippen molar-refractivity contribution in [2.24, 2.45) is 0 Å². The van der Waals surface area contributed by atoms with Crippen molar-refractivity contribution in [2.45, 2.75) is 213 Å². The Balaban J connectivity index is 0.000000780. The zero-order valence-electron chi connectivity index (χ0n) is 45.2. The molecule has 0 bridgehead atoms. The first-order chi connectivity index (χ1) is 36.9. The number of carbonyl (C=O) groups is 2. The number of phosphoric ester groups is 2. The Morgan fingerprint density at radius 1 is 0.425 bits per heavy atom. The third-order valence-corrected chi connectivity index (χ3v) is 14.0. The van der Waals surface area contributed by atoms with E-state index in [2.05, 4.69) is 18.5 Å². The van der Waals surface area contributed by atoms with Gasteiger partial charge in [0.05, 0.1) is 52.9 Å². The van der Waals surface area contributed by atoms with Crippen LogP contribution in [0.2, 0.25) is 0 Å². The predicted octanol–water partition coefficient (Wildman–Crippen LogP) is -12.0. The van der Waals surface area contributed by atoms with Gasteiger partial charge in [0.2, 0.25) is 0 Å². The van der Waals surface area contributed by atoms with Crippen LogP contribution in [0.3, 0.4) is 0 Å². The number of esters is 2. The number of hydrogen-bond acceptors (Lipinski definition) is 28. The van der Waals surface area contributed by atoms with Gasteiger partial charge in [0.25, 0.3) is 0 Å². The van der Waals surface area contributed by atoms with Crippen molar-refractivity contribution in [2.75, 3.05) is 53.9 Å². The third kappa shape index (κ3) is 26.0. The topological polar surface area (TPSA) is 508 Å². The van der Waals surface area contributed by atoms with Gasteiger partial charge in [-0.2, -0.15) is 0 Å². The summed E-state index contributed by atoms with van der Waals surface area (Å²) in [6.07, 6.45) is -23.6. The molecular formula is C44H80Na2O32P2. The SMILES string of the molecule is COC(=O)CCCCCCCCO[C@@H]1[C@@H](O)[C@H](O[C@@H]2O[C@H](CO)[C@H](OP(=O)(O)O)[C@H](O)[C@H]2O)[C@@H](CO)O[C@H]1[O-].COC(=O)CCCCCCCCO[C@@H]1[C@@H](O)[C@H](O[C@@H]2O[C@H](CO)[C@H](OP(=O)(O)O)[C@H](O)[C@H]2O)[C@@H](CO)O[C@H]1[O-].[Na+].[Na+]. The minimum atomic E-state index is -5.14. The fourth-order valence-electron chi connectivity index (χ4n) is 8.79. The van der Waals surface area contributed by atoms with Crippen molar-refractivity contribution in [1.82, 2.24) is 0 Å². The molecule has 80 heavy (non-hydrogen) atoms. The van der Waals surface area contributed by atoms with Gasteiger partial charge in [-0.3, -0.25) is 18.6 Å². The number of aliphatic hydroxyl groups excluding tert-OH is 10. The molecule has 0 aromatic heterocycles. The van der Waals surface area contributed by atoms with Gasteiger partial charge in [0.1, 0.15) is 85.5 Å². The molecule has 0 aliphatic carbocycles. The van der Waals surface area contributed by atoms with E-state index in [0.717, 1.165) is 64.2 Å². The Bertz CT molecular complexity index is 1670. The molecule has 4 aliphatic heterocycles. The van der Waals surface area contributed by atoms with Gasteiger partial charge in [-0.15, -0.1) is 0 Å². The number of rotatable bonds is 32. The summed E-state index contributed by atoms with van der Waals surface area (Å²) in [6, 6.07) is 0. The van der Waals surface area contributed by atoms with Gasteiger partial charge in [-0.1, -0.05) is 51.4 Å². The van der Waals surface area contributed by atoms with Crippen LogP contribution in [0, 0.1) is 0 Å². The molecule has 20 atom stereocenters. The summed E-state index contributed by atoms with van der Waals surface area (Å²) in [4.78, 5) is 58.3. The van der Waals surface area contributed by atoms with Crippen LogP contribution in [0.5, 0.6) is 0 Å². The number of ether oxygens (including phenoxy) is 10. The number of methoxy groups -OCH3 is 2. The average molecular weight is 1230 g/mol. The fraction of sp³-hybridized carbons (Fsp3) is 0.955. The second kappa shape index (κ2) is 40.0. The minimum Gasteiger partial charge on any atom is -0.829 e. The summed E-state index contributed by atoms with van der Waals surface area (Å²) in [5.41, 5.74) is 0. The number of aliphatic hydroxyl groups is 10. The monoisotopic (exact) mass is 1230 g/mol. The molecule has 14 N–H and O–H groups in total. The molecule has 0 amide bonds. The van der Waals surface area contributed by atoms with Crippen LogP contribution in [-0.2, 0) is 75.1 Å². The van der Waals surface area contributed by atoms with E-state index in [1.54, 1.807) is 0 Å². The molecule has 4 fully saturated rings. The number of unbranched alkanes of at least 4 members (excludes halogenated alkanes) is 10. The summed E-state index contributed by atoms with van der Waals surface area (Å²) in [7, 11) is -7.59. The molecular weight excluding hydrogens is 1150 g/mol. The third-order valence-electron chi connectivity index (χ3n) is 13.0. The van der Waals surface area contributed by atoms with Crippen LogP contribution in [0.1, 0.15) is 89.9 Å². The second-order valence-corrected chi connectivity index (χ2v) is 21.1. The van der Waals surface area contributed by atoms with E-state index in [9.17, 15) is 80.0 Å². The average Bonchev–Trinajstić information content (AvgIpc) is 3.39. The molecule has 0 radical (unpaired) electrons. The van der Waals surface area contributed by atoms with Crippen molar-refractivity contribution in [3.63, 3.8) is 0 Å². The predicted molar refractivity (Wildman–Crippen MR) is 251 cm³/mol. The largest absolute Gasteiger partial charge is 1.00 e. The maximum absolute atomic E-state index is 12.4. The summed E-state index contributed by atoms with van der Waals surface area (Å²) in [5, 5.41) is 126. The van der Waals surface area contributed by atoms with Crippen LogP contribution in [0.4, 0.5) is 0 Å². The maximum Gasteiger partial charge on any atom is 1.00 e. The Hall–Kier alpha value is 0.360. The van der Waals surface area contributed by atoms with E-state index >= 15 is 0 Å². The molecule has 36 heteroatoms. The van der Waals surface area contributed by atoms with Crippen molar-refractivity contribution < 1.29 is 215 Å². The fourth-order valence-corrected chi connectivity index (χ4v) is 9.95. The van der Waals surface area contributed by atoms with Gasteiger partial charge in [-0.25, -0.2) is 9.13 Å². The Morgan fingerprint density at radius 3 is 1.00 bits per heavy atom. The molecule has 4 rings (SSSR count). The minimum absolute atomic E-state index is 0. The van der Waals surface area contributed by atoms with Crippen LogP contribution in [-0.4, -0.2) is 259 Å². The van der Waals surface area contributed by atoms with Crippen LogP contribution in [0.15, 0.2) is 0 Å².